The molecule has 0 aromatic carbocycles. The zero-order valence-electron chi connectivity index (χ0n) is 6.73. The molecule has 0 amide bonds. The Labute approximate surface area is 95.9 Å². The van der Waals surface area contributed by atoms with Crippen LogP contribution in [0.5, 0.6) is 0 Å². The molecule has 2 rings (SSSR count). The molecule has 0 aliphatic carbocycles. The summed E-state index contributed by atoms with van der Waals surface area (Å²) < 4.78 is 2.09. The van der Waals surface area contributed by atoms with E-state index in [4.69, 9.17) is 5.11 Å². The molecule has 72 valence electrons. The van der Waals surface area contributed by atoms with Crippen LogP contribution in [-0.4, -0.2) is 15.5 Å². The van der Waals surface area contributed by atoms with Gasteiger partial charge in [0.25, 0.3) is 5.56 Å². The molecule has 0 spiro atoms. The van der Waals surface area contributed by atoms with Gasteiger partial charge < -0.3 is 5.11 Å². The maximum atomic E-state index is 11.4. The van der Waals surface area contributed by atoms with Crippen LogP contribution in [0, 0.1) is 3.57 Å². The quantitative estimate of drug-likeness (QED) is 0.813. The molecule has 4 nitrogen and oxygen atoms in total. The predicted octanol–water partition coefficient (Wildman–Crippen LogP) is 1.66. The molecular formula is C8H4INO3S. The van der Waals surface area contributed by atoms with Gasteiger partial charge >= 0.3 is 5.97 Å². The molecule has 0 aliphatic heterocycles. The first-order chi connectivity index (χ1) is 6.61. The first kappa shape index (κ1) is 9.66. The van der Waals surface area contributed by atoms with E-state index >= 15 is 0 Å². The predicted molar refractivity (Wildman–Crippen MR) is 61.2 cm³/mol. The van der Waals surface area contributed by atoms with Gasteiger partial charge in [0, 0.05) is 15.0 Å². The molecule has 2 aromatic rings. The number of halogens is 1. The minimum atomic E-state index is -1.08. The van der Waals surface area contributed by atoms with Crippen LogP contribution in [0.2, 0.25) is 0 Å². The second-order valence-electron chi connectivity index (χ2n) is 2.59. The molecule has 2 aromatic heterocycles. The first-order valence-electron chi connectivity index (χ1n) is 3.63. The number of hydrogen-bond donors (Lipinski definition) is 1. The fourth-order valence-corrected chi connectivity index (χ4v) is 2.85. The van der Waals surface area contributed by atoms with Gasteiger partial charge in [-0.2, -0.15) is 0 Å². The number of carbonyl (C=O) groups is 1. The molecule has 0 aliphatic rings. The highest BCUT2D eigenvalue weighted by atomic mass is 127. The summed E-state index contributed by atoms with van der Waals surface area (Å²) in [6, 6.07) is 3.05. The Morgan fingerprint density at radius 2 is 2.21 bits per heavy atom. The lowest BCUT2D eigenvalue weighted by Gasteiger charge is -1.96. The number of carboxylic acid groups (broad SMARTS) is 1. The largest absolute Gasteiger partial charge is 0.477 e. The van der Waals surface area contributed by atoms with E-state index in [-0.39, 0.29) is 11.3 Å². The van der Waals surface area contributed by atoms with E-state index in [1.54, 1.807) is 6.07 Å². The van der Waals surface area contributed by atoms with Gasteiger partial charge in [-0.3, -0.25) is 9.20 Å². The van der Waals surface area contributed by atoms with Gasteiger partial charge in [-0.25, -0.2) is 4.79 Å². The van der Waals surface area contributed by atoms with Gasteiger partial charge in [-0.05, 0) is 28.7 Å². The van der Waals surface area contributed by atoms with Gasteiger partial charge in [0.1, 0.15) is 10.5 Å². The van der Waals surface area contributed by atoms with Crippen LogP contribution >= 0.6 is 33.9 Å². The van der Waals surface area contributed by atoms with Crippen molar-refractivity contribution in [2.24, 2.45) is 0 Å². The first-order valence-corrected chi connectivity index (χ1v) is 5.59. The summed E-state index contributed by atoms with van der Waals surface area (Å²) in [6.45, 7) is 0. The van der Waals surface area contributed by atoms with Crippen molar-refractivity contribution in [3.05, 3.63) is 37.1 Å². The highest BCUT2D eigenvalue weighted by Gasteiger charge is 2.13. The van der Waals surface area contributed by atoms with Crippen LogP contribution in [0.25, 0.3) is 4.83 Å². The summed E-state index contributed by atoms with van der Waals surface area (Å²) in [5.74, 6) is -1.08. The number of carboxylic acids is 1. The minimum absolute atomic E-state index is 0.0218. The molecule has 0 unspecified atom stereocenters. The van der Waals surface area contributed by atoms with E-state index < -0.39 is 5.97 Å². The van der Waals surface area contributed by atoms with Crippen LogP contribution in [0.15, 0.2) is 22.3 Å². The molecular weight excluding hydrogens is 317 g/mol. The Balaban J connectivity index is 2.98. The van der Waals surface area contributed by atoms with Crippen molar-refractivity contribution in [1.29, 1.82) is 0 Å². The highest BCUT2D eigenvalue weighted by Crippen LogP contribution is 2.19. The van der Waals surface area contributed by atoms with Crippen molar-refractivity contribution >= 4 is 44.7 Å². The van der Waals surface area contributed by atoms with Crippen LogP contribution in [0.3, 0.4) is 0 Å². The molecule has 6 heteroatoms. The molecule has 0 fully saturated rings. The second-order valence-corrected chi connectivity index (χ2v) is 4.61. The summed E-state index contributed by atoms with van der Waals surface area (Å²) in [5, 5.41) is 10.3. The maximum absolute atomic E-state index is 11.4. The standard InChI is InChI=1S/C8H4INO3S/c9-4-1-2-6(11)10-5(8(12)13)3-14-7(4)10/h1-3H,(H,12,13). The van der Waals surface area contributed by atoms with Crippen LogP contribution in [-0.2, 0) is 0 Å². The number of aromatic nitrogens is 1. The Kier molecular flexibility index (Phi) is 2.31. The summed E-state index contributed by atoms with van der Waals surface area (Å²) in [4.78, 5) is 22.9. The summed E-state index contributed by atoms with van der Waals surface area (Å²) in [5.41, 5.74) is -0.285. The Hall–Kier alpha value is -0.890. The number of hydrogen-bond acceptors (Lipinski definition) is 3. The van der Waals surface area contributed by atoms with Crippen LogP contribution < -0.4 is 5.56 Å². The van der Waals surface area contributed by atoms with Gasteiger partial charge in [0.05, 0.1) is 0 Å². The Morgan fingerprint density at radius 1 is 1.50 bits per heavy atom. The third-order valence-electron chi connectivity index (χ3n) is 1.74. The number of rotatable bonds is 1. The lowest BCUT2D eigenvalue weighted by molar-refractivity contribution is 0.0689. The Morgan fingerprint density at radius 3 is 2.86 bits per heavy atom. The maximum Gasteiger partial charge on any atom is 0.353 e. The smallest absolute Gasteiger partial charge is 0.353 e. The van der Waals surface area contributed by atoms with E-state index in [1.165, 1.54) is 27.2 Å². The van der Waals surface area contributed by atoms with Crippen molar-refractivity contribution in [3.8, 4) is 0 Å². The van der Waals surface area contributed by atoms with E-state index in [0.29, 0.717) is 4.83 Å². The topological polar surface area (TPSA) is 58.8 Å². The number of fused-ring (bicyclic) bond motifs is 1. The summed E-state index contributed by atoms with van der Waals surface area (Å²) in [6.07, 6.45) is 0. The zero-order valence-corrected chi connectivity index (χ0v) is 9.70. The average molecular weight is 321 g/mol. The van der Waals surface area contributed by atoms with Crippen LogP contribution in [0.1, 0.15) is 10.5 Å². The van der Waals surface area contributed by atoms with Crippen molar-refractivity contribution < 1.29 is 9.90 Å². The zero-order chi connectivity index (χ0) is 10.3. The third-order valence-corrected chi connectivity index (χ3v) is 3.95. The average Bonchev–Trinajstić information content (AvgIpc) is 2.56. The lowest BCUT2D eigenvalue weighted by atomic mass is 10.4. The van der Waals surface area contributed by atoms with E-state index in [2.05, 4.69) is 22.6 Å². The molecule has 0 saturated carbocycles. The van der Waals surface area contributed by atoms with Gasteiger partial charge in [-0.15, -0.1) is 11.3 Å². The highest BCUT2D eigenvalue weighted by molar-refractivity contribution is 14.1. The fraction of sp³-hybridized carbons (Fsp3) is 0. The van der Waals surface area contributed by atoms with Crippen molar-refractivity contribution in [3.63, 3.8) is 0 Å². The van der Waals surface area contributed by atoms with Crippen molar-refractivity contribution in [2.75, 3.05) is 0 Å². The number of aromatic carboxylic acids is 1. The molecule has 0 bridgehead atoms. The van der Waals surface area contributed by atoms with Crippen molar-refractivity contribution in [1.82, 2.24) is 4.40 Å². The van der Waals surface area contributed by atoms with E-state index in [0.717, 1.165) is 3.57 Å². The van der Waals surface area contributed by atoms with Gasteiger partial charge in [0.2, 0.25) is 0 Å². The molecule has 14 heavy (non-hydrogen) atoms. The number of pyridine rings is 1. The molecule has 0 radical (unpaired) electrons. The van der Waals surface area contributed by atoms with E-state index in [9.17, 15) is 9.59 Å². The number of thiazole rings is 1. The monoisotopic (exact) mass is 321 g/mol. The normalized spacial score (nSPS) is 10.6. The molecule has 0 saturated heterocycles. The van der Waals surface area contributed by atoms with E-state index in [1.807, 2.05) is 0 Å². The molecule has 1 N–H and O–H groups in total. The fourth-order valence-electron chi connectivity index (χ4n) is 1.14. The van der Waals surface area contributed by atoms with Gasteiger partial charge in [-0.1, -0.05) is 0 Å². The second kappa shape index (κ2) is 3.35. The Bertz CT molecular complexity index is 571. The van der Waals surface area contributed by atoms with Crippen LogP contribution in [0.4, 0.5) is 0 Å². The lowest BCUT2D eigenvalue weighted by Crippen LogP contribution is -2.16. The number of nitrogens with zero attached hydrogens (tertiary/aromatic N) is 1. The van der Waals surface area contributed by atoms with Gasteiger partial charge in [0.15, 0.2) is 0 Å². The summed E-state index contributed by atoms with van der Waals surface area (Å²) in [7, 11) is 0. The molecule has 0 atom stereocenters. The SMILES string of the molecule is O=C(O)c1csc2c(I)ccc(=O)n12. The summed E-state index contributed by atoms with van der Waals surface area (Å²) >= 11 is 3.33. The minimum Gasteiger partial charge on any atom is -0.477 e. The van der Waals surface area contributed by atoms with Crippen molar-refractivity contribution in [2.45, 2.75) is 0 Å². The molecule has 2 heterocycles. The third kappa shape index (κ3) is 1.34.